The van der Waals surface area contributed by atoms with E-state index in [0.717, 1.165) is 12.8 Å². The topological polar surface area (TPSA) is 75.4 Å². The number of ether oxygens (including phenoxy) is 2. The zero-order valence-corrected chi connectivity index (χ0v) is 11.6. The molecular weight excluding hydrogens is 274 g/mol. The summed E-state index contributed by atoms with van der Waals surface area (Å²) in [5.74, 6) is 0.355. The van der Waals surface area contributed by atoms with E-state index < -0.39 is 11.8 Å². The van der Waals surface area contributed by atoms with Gasteiger partial charge in [0.1, 0.15) is 5.75 Å². The average molecular weight is 289 g/mol. The Morgan fingerprint density at radius 3 is 2.67 bits per heavy atom. The number of hydrogen-bond donors (Lipinski definition) is 0. The van der Waals surface area contributed by atoms with Crippen molar-refractivity contribution in [2.75, 3.05) is 6.61 Å². The van der Waals surface area contributed by atoms with Gasteiger partial charge in [0.2, 0.25) is 0 Å². The molecule has 3 rings (SSSR count). The standard InChI is InChI=1S/C14H15N3O4/c1-2-20-12-15-17(13(18)16(12)10-8-9-10)14(19)21-11-6-4-3-5-7-11/h3-7,10H,2,8-9H2,1H3. The van der Waals surface area contributed by atoms with E-state index >= 15 is 0 Å². The van der Waals surface area contributed by atoms with E-state index in [1.54, 1.807) is 37.3 Å². The number of aromatic nitrogens is 3. The van der Waals surface area contributed by atoms with Gasteiger partial charge in [-0.3, -0.25) is 0 Å². The number of rotatable bonds is 4. The summed E-state index contributed by atoms with van der Waals surface area (Å²) < 4.78 is 12.6. The Morgan fingerprint density at radius 1 is 1.33 bits per heavy atom. The molecule has 0 unspecified atom stereocenters. The molecule has 0 atom stereocenters. The van der Waals surface area contributed by atoms with E-state index in [4.69, 9.17) is 9.47 Å². The number of nitrogens with zero attached hydrogens (tertiary/aromatic N) is 3. The maximum absolute atomic E-state index is 12.3. The van der Waals surface area contributed by atoms with Crippen LogP contribution in [0.4, 0.5) is 4.79 Å². The first-order valence-electron chi connectivity index (χ1n) is 6.82. The Hall–Kier alpha value is -2.57. The molecule has 1 aromatic carbocycles. The first-order valence-corrected chi connectivity index (χ1v) is 6.82. The lowest BCUT2D eigenvalue weighted by Crippen LogP contribution is -2.32. The van der Waals surface area contributed by atoms with E-state index in [0.29, 0.717) is 17.0 Å². The van der Waals surface area contributed by atoms with E-state index in [1.807, 2.05) is 0 Å². The van der Waals surface area contributed by atoms with Crippen LogP contribution in [0.5, 0.6) is 11.8 Å². The summed E-state index contributed by atoms with van der Waals surface area (Å²) in [6.07, 6.45) is 0.935. The summed E-state index contributed by atoms with van der Waals surface area (Å²) in [6.45, 7) is 2.17. The molecule has 0 amide bonds. The fourth-order valence-electron chi connectivity index (χ4n) is 1.98. The van der Waals surface area contributed by atoms with Crippen molar-refractivity contribution in [3.8, 4) is 11.8 Å². The number of para-hydroxylation sites is 1. The molecule has 7 heteroatoms. The van der Waals surface area contributed by atoms with Gasteiger partial charge in [-0.25, -0.2) is 14.2 Å². The highest BCUT2D eigenvalue weighted by atomic mass is 16.6. The van der Waals surface area contributed by atoms with Crippen molar-refractivity contribution in [2.24, 2.45) is 0 Å². The van der Waals surface area contributed by atoms with Gasteiger partial charge in [0.15, 0.2) is 0 Å². The summed E-state index contributed by atoms with van der Waals surface area (Å²) >= 11 is 0. The number of hydrogen-bond acceptors (Lipinski definition) is 5. The maximum atomic E-state index is 12.3. The van der Waals surface area contributed by atoms with Gasteiger partial charge in [0.05, 0.1) is 6.61 Å². The Labute approximate surface area is 120 Å². The molecule has 0 aliphatic heterocycles. The lowest BCUT2D eigenvalue weighted by atomic mass is 10.3. The van der Waals surface area contributed by atoms with E-state index in [9.17, 15) is 9.59 Å². The number of carbonyl (C=O) groups excluding carboxylic acids is 1. The molecule has 0 bridgehead atoms. The van der Waals surface area contributed by atoms with Gasteiger partial charge < -0.3 is 9.47 Å². The monoisotopic (exact) mass is 289 g/mol. The Balaban J connectivity index is 1.89. The van der Waals surface area contributed by atoms with Crippen LogP contribution in [0.2, 0.25) is 0 Å². The molecule has 0 spiro atoms. The molecule has 0 N–H and O–H groups in total. The van der Waals surface area contributed by atoms with Crippen LogP contribution in [0.25, 0.3) is 0 Å². The van der Waals surface area contributed by atoms with Gasteiger partial charge in [0.25, 0.3) is 0 Å². The van der Waals surface area contributed by atoms with Crippen LogP contribution in [0, 0.1) is 0 Å². The highest BCUT2D eigenvalue weighted by Crippen LogP contribution is 2.35. The van der Waals surface area contributed by atoms with Crippen LogP contribution >= 0.6 is 0 Å². The van der Waals surface area contributed by atoms with Crippen molar-refractivity contribution in [1.29, 1.82) is 0 Å². The highest BCUT2D eigenvalue weighted by molar-refractivity contribution is 5.71. The zero-order chi connectivity index (χ0) is 14.8. The Kier molecular flexibility index (Phi) is 3.47. The van der Waals surface area contributed by atoms with E-state index in [1.165, 1.54) is 4.57 Å². The summed E-state index contributed by atoms with van der Waals surface area (Å²) in [6, 6.07) is 8.76. The normalized spacial score (nSPS) is 14.0. The van der Waals surface area contributed by atoms with Gasteiger partial charge >= 0.3 is 17.8 Å². The third-order valence-electron chi connectivity index (χ3n) is 3.09. The minimum atomic E-state index is -0.841. The fourth-order valence-corrected chi connectivity index (χ4v) is 1.98. The van der Waals surface area contributed by atoms with Crippen LogP contribution in [-0.2, 0) is 0 Å². The molecule has 1 heterocycles. The second-order valence-electron chi connectivity index (χ2n) is 4.69. The molecule has 0 saturated heterocycles. The zero-order valence-electron chi connectivity index (χ0n) is 11.6. The van der Waals surface area contributed by atoms with Crippen molar-refractivity contribution in [2.45, 2.75) is 25.8 Å². The van der Waals surface area contributed by atoms with Gasteiger partial charge in [0, 0.05) is 6.04 Å². The molecule has 1 saturated carbocycles. The molecule has 1 aliphatic carbocycles. The van der Waals surface area contributed by atoms with Crippen molar-refractivity contribution in [3.05, 3.63) is 40.8 Å². The predicted octanol–water partition coefficient (Wildman–Crippen LogP) is 1.83. The van der Waals surface area contributed by atoms with Gasteiger partial charge in [-0.05, 0) is 31.9 Å². The number of benzene rings is 1. The summed E-state index contributed by atoms with van der Waals surface area (Å²) in [4.78, 5) is 24.3. The molecule has 1 fully saturated rings. The molecular formula is C14H15N3O4. The first kappa shape index (κ1) is 13.4. The summed E-state index contributed by atoms with van der Waals surface area (Å²) in [5.41, 5.74) is -0.526. The molecule has 0 radical (unpaired) electrons. The predicted molar refractivity (Wildman–Crippen MR) is 73.8 cm³/mol. The second-order valence-corrected chi connectivity index (χ2v) is 4.69. The molecule has 21 heavy (non-hydrogen) atoms. The van der Waals surface area contributed by atoms with Crippen LogP contribution in [-0.4, -0.2) is 27.0 Å². The second kappa shape index (κ2) is 5.43. The highest BCUT2D eigenvalue weighted by Gasteiger charge is 2.32. The average Bonchev–Trinajstić information content (AvgIpc) is 3.25. The lowest BCUT2D eigenvalue weighted by molar-refractivity contribution is 0.196. The minimum Gasteiger partial charge on any atom is -0.464 e. The van der Waals surface area contributed by atoms with Crippen LogP contribution < -0.4 is 15.2 Å². The largest absolute Gasteiger partial charge is 0.464 e. The van der Waals surface area contributed by atoms with Gasteiger partial charge in [-0.15, -0.1) is 9.78 Å². The van der Waals surface area contributed by atoms with Gasteiger partial charge in [-0.1, -0.05) is 18.2 Å². The minimum absolute atomic E-state index is 0.0670. The fraction of sp³-hybridized carbons (Fsp3) is 0.357. The van der Waals surface area contributed by atoms with Crippen molar-refractivity contribution in [3.63, 3.8) is 0 Å². The molecule has 1 aromatic heterocycles. The SMILES string of the molecule is CCOc1nn(C(=O)Oc2ccccc2)c(=O)n1C1CC1. The quantitative estimate of drug-likeness (QED) is 0.858. The summed E-state index contributed by atoms with van der Waals surface area (Å²) in [7, 11) is 0. The van der Waals surface area contributed by atoms with E-state index in [-0.39, 0.29) is 12.1 Å². The third-order valence-corrected chi connectivity index (χ3v) is 3.09. The van der Waals surface area contributed by atoms with Crippen molar-refractivity contribution in [1.82, 2.24) is 14.3 Å². The molecule has 7 nitrogen and oxygen atoms in total. The Morgan fingerprint density at radius 2 is 2.05 bits per heavy atom. The van der Waals surface area contributed by atoms with Crippen molar-refractivity contribution < 1.29 is 14.3 Å². The third kappa shape index (κ3) is 2.67. The van der Waals surface area contributed by atoms with Crippen LogP contribution in [0.3, 0.4) is 0 Å². The van der Waals surface area contributed by atoms with Crippen molar-refractivity contribution >= 4 is 6.09 Å². The van der Waals surface area contributed by atoms with Crippen LogP contribution in [0.15, 0.2) is 35.1 Å². The van der Waals surface area contributed by atoms with Gasteiger partial charge in [-0.2, -0.15) is 0 Å². The maximum Gasteiger partial charge on any atom is 0.444 e. The molecule has 1 aliphatic rings. The number of carbonyl (C=O) groups is 1. The first-order chi connectivity index (χ1) is 10.2. The Bertz CT molecular complexity index is 701. The molecule has 2 aromatic rings. The smallest absolute Gasteiger partial charge is 0.444 e. The van der Waals surface area contributed by atoms with E-state index in [2.05, 4.69) is 5.10 Å². The lowest BCUT2D eigenvalue weighted by Gasteiger charge is -2.01. The summed E-state index contributed by atoms with van der Waals surface area (Å²) in [5, 5.41) is 3.93. The van der Waals surface area contributed by atoms with Crippen LogP contribution in [0.1, 0.15) is 25.8 Å². The molecule has 110 valence electrons.